The van der Waals surface area contributed by atoms with Gasteiger partial charge in [-0.2, -0.15) is 0 Å². The van der Waals surface area contributed by atoms with Gasteiger partial charge in [0, 0.05) is 25.8 Å². The van der Waals surface area contributed by atoms with Crippen LogP contribution in [0.4, 0.5) is 13.6 Å². The maximum atomic E-state index is 13.6. The number of fused-ring (bicyclic) bond motifs is 1. The lowest BCUT2D eigenvalue weighted by molar-refractivity contribution is 0.183. The lowest BCUT2D eigenvalue weighted by Crippen LogP contribution is -2.44. The Morgan fingerprint density at radius 3 is 2.79 bits per heavy atom. The summed E-state index contributed by atoms with van der Waals surface area (Å²) in [5.74, 6) is -0.736. The van der Waals surface area contributed by atoms with Crippen molar-refractivity contribution in [1.82, 2.24) is 20.2 Å². The highest BCUT2D eigenvalue weighted by atomic mass is 19.2. The van der Waals surface area contributed by atoms with E-state index in [2.05, 4.69) is 29.1 Å². The van der Waals surface area contributed by atoms with Crippen molar-refractivity contribution < 1.29 is 18.7 Å². The Hall–Kier alpha value is -2.61. The van der Waals surface area contributed by atoms with Gasteiger partial charge in [-0.15, -0.1) is 0 Å². The van der Waals surface area contributed by atoms with Crippen LogP contribution in [-0.4, -0.2) is 39.2 Å². The molecule has 1 aromatic carbocycles. The molecule has 1 aliphatic heterocycles. The summed E-state index contributed by atoms with van der Waals surface area (Å²) in [5.41, 5.74) is 2.28. The summed E-state index contributed by atoms with van der Waals surface area (Å²) in [6.07, 6.45) is 3.46. The van der Waals surface area contributed by atoms with Crippen molar-refractivity contribution in [2.45, 2.75) is 45.7 Å². The van der Waals surface area contributed by atoms with Gasteiger partial charge >= 0.3 is 6.03 Å². The Kier molecular flexibility index (Phi) is 6.74. The molecule has 8 heteroatoms. The van der Waals surface area contributed by atoms with Gasteiger partial charge in [0.25, 0.3) is 0 Å². The minimum absolute atomic E-state index is 0.196. The van der Waals surface area contributed by atoms with E-state index in [-0.39, 0.29) is 19.1 Å². The number of nitrogens with zero attached hydrogens (tertiary/aromatic N) is 3. The first kappa shape index (κ1) is 21.1. The lowest BCUT2D eigenvalue weighted by atomic mass is 10.0. The molecular formula is C21H26F2N4O2. The van der Waals surface area contributed by atoms with Crippen LogP contribution in [0.25, 0.3) is 0 Å². The van der Waals surface area contributed by atoms with Crippen LogP contribution < -0.4 is 5.32 Å². The first-order valence-corrected chi connectivity index (χ1v) is 9.82. The Labute approximate surface area is 169 Å². The molecule has 29 heavy (non-hydrogen) atoms. The zero-order valence-corrected chi connectivity index (χ0v) is 16.7. The zero-order chi connectivity index (χ0) is 21.0. The second kappa shape index (κ2) is 9.26. The van der Waals surface area contributed by atoms with Crippen molar-refractivity contribution in [2.75, 3.05) is 13.2 Å². The number of benzene rings is 1. The molecule has 6 nitrogen and oxygen atoms in total. The van der Waals surface area contributed by atoms with Gasteiger partial charge in [0.2, 0.25) is 0 Å². The number of halogens is 2. The molecule has 1 aliphatic rings. The normalized spacial score (nSPS) is 14.6. The van der Waals surface area contributed by atoms with Gasteiger partial charge in [-0.25, -0.2) is 23.5 Å². The van der Waals surface area contributed by atoms with Gasteiger partial charge in [-0.1, -0.05) is 19.9 Å². The largest absolute Gasteiger partial charge is 0.396 e. The van der Waals surface area contributed by atoms with Crippen molar-refractivity contribution in [3.8, 4) is 0 Å². The summed E-state index contributed by atoms with van der Waals surface area (Å²) in [6.45, 7) is 4.87. The van der Waals surface area contributed by atoms with Crippen molar-refractivity contribution >= 4 is 6.03 Å². The minimum Gasteiger partial charge on any atom is -0.396 e. The van der Waals surface area contributed by atoms with Crippen molar-refractivity contribution in [3.05, 3.63) is 58.7 Å². The highest BCUT2D eigenvalue weighted by molar-refractivity contribution is 5.75. The van der Waals surface area contributed by atoms with Gasteiger partial charge in [0.1, 0.15) is 5.82 Å². The Morgan fingerprint density at radius 1 is 1.31 bits per heavy atom. The number of hydrogen-bond donors (Lipinski definition) is 2. The Morgan fingerprint density at radius 2 is 2.10 bits per heavy atom. The topological polar surface area (TPSA) is 78.4 Å². The molecule has 0 spiro atoms. The average molecular weight is 404 g/mol. The van der Waals surface area contributed by atoms with Crippen molar-refractivity contribution in [2.24, 2.45) is 5.92 Å². The number of aliphatic hydroxyl groups excluding tert-OH is 1. The summed E-state index contributed by atoms with van der Waals surface area (Å²) < 4.78 is 26.8. The standard InChI is InChI=1S/C21H26F2N4O2/c1-13(2)9-20-24-11-15-5-7-27(12-19(15)25-20)21(29)26-18(6-8-28)14-3-4-16(22)17(23)10-14/h3-4,10-11,13,18,28H,5-9,12H2,1-2H3,(H,26,29). The Balaban J connectivity index is 1.71. The molecule has 0 saturated heterocycles. The van der Waals surface area contributed by atoms with E-state index in [0.717, 1.165) is 35.6 Å². The quantitative estimate of drug-likeness (QED) is 0.775. The number of aromatic nitrogens is 2. The molecule has 0 bridgehead atoms. The molecule has 1 atom stereocenters. The van der Waals surface area contributed by atoms with Crippen LogP contribution in [0.1, 0.15) is 49.0 Å². The number of urea groups is 1. The smallest absolute Gasteiger partial charge is 0.318 e. The molecule has 0 saturated carbocycles. The van der Waals surface area contributed by atoms with Crippen LogP contribution in [0.2, 0.25) is 0 Å². The fourth-order valence-electron chi connectivity index (χ4n) is 3.40. The van der Waals surface area contributed by atoms with E-state index in [1.165, 1.54) is 6.07 Å². The second-order valence-electron chi connectivity index (χ2n) is 7.72. The van der Waals surface area contributed by atoms with Crippen LogP contribution in [0.15, 0.2) is 24.4 Å². The molecular weight excluding hydrogens is 378 g/mol. The number of rotatable bonds is 6. The maximum Gasteiger partial charge on any atom is 0.318 e. The third-order valence-electron chi connectivity index (χ3n) is 4.94. The predicted molar refractivity (Wildman–Crippen MR) is 104 cm³/mol. The first-order chi connectivity index (χ1) is 13.9. The summed E-state index contributed by atoms with van der Waals surface area (Å²) in [6, 6.07) is 2.53. The maximum absolute atomic E-state index is 13.6. The molecule has 2 N–H and O–H groups in total. The zero-order valence-electron chi connectivity index (χ0n) is 16.7. The van der Waals surface area contributed by atoms with E-state index in [4.69, 9.17) is 0 Å². The molecule has 1 aromatic heterocycles. The number of carbonyl (C=O) groups excluding carboxylic acids is 1. The van der Waals surface area contributed by atoms with E-state index in [1.807, 2.05) is 6.20 Å². The summed E-state index contributed by atoms with van der Waals surface area (Å²) >= 11 is 0. The van der Waals surface area contributed by atoms with Crippen LogP contribution in [-0.2, 0) is 19.4 Å². The number of aliphatic hydroxyl groups is 1. The molecule has 3 rings (SSSR count). The molecule has 2 aromatic rings. The summed E-state index contributed by atoms with van der Waals surface area (Å²) in [7, 11) is 0. The molecule has 0 aliphatic carbocycles. The van der Waals surface area contributed by atoms with Crippen LogP contribution >= 0.6 is 0 Å². The number of hydrogen-bond acceptors (Lipinski definition) is 4. The molecule has 0 radical (unpaired) electrons. The highest BCUT2D eigenvalue weighted by Gasteiger charge is 2.25. The third-order valence-corrected chi connectivity index (χ3v) is 4.94. The fraction of sp³-hybridized carbons (Fsp3) is 0.476. The monoisotopic (exact) mass is 404 g/mol. The van der Waals surface area contributed by atoms with Crippen LogP contribution in [0, 0.1) is 17.6 Å². The summed E-state index contributed by atoms with van der Waals surface area (Å²) in [5, 5.41) is 12.2. The van der Waals surface area contributed by atoms with Gasteiger partial charge < -0.3 is 15.3 Å². The highest BCUT2D eigenvalue weighted by Crippen LogP contribution is 2.22. The number of amides is 2. The van der Waals surface area contributed by atoms with Crippen molar-refractivity contribution in [3.63, 3.8) is 0 Å². The van der Waals surface area contributed by atoms with Gasteiger partial charge in [-0.05, 0) is 42.0 Å². The lowest BCUT2D eigenvalue weighted by Gasteiger charge is -2.30. The fourth-order valence-corrected chi connectivity index (χ4v) is 3.40. The van der Waals surface area contributed by atoms with E-state index in [1.54, 1.807) is 4.90 Å². The van der Waals surface area contributed by atoms with Gasteiger partial charge in [-0.3, -0.25) is 0 Å². The van der Waals surface area contributed by atoms with Crippen LogP contribution in [0.5, 0.6) is 0 Å². The van der Waals surface area contributed by atoms with Gasteiger partial charge in [0.05, 0.1) is 18.3 Å². The average Bonchev–Trinajstić information content (AvgIpc) is 2.68. The first-order valence-electron chi connectivity index (χ1n) is 9.82. The predicted octanol–water partition coefficient (Wildman–Crippen LogP) is 3.14. The Bertz CT molecular complexity index is 876. The third kappa shape index (κ3) is 5.26. The molecule has 2 amide bonds. The second-order valence-corrected chi connectivity index (χ2v) is 7.72. The minimum atomic E-state index is -0.985. The van der Waals surface area contributed by atoms with E-state index in [9.17, 15) is 18.7 Å². The van der Waals surface area contributed by atoms with E-state index in [0.29, 0.717) is 31.0 Å². The molecule has 1 unspecified atom stereocenters. The number of nitrogens with one attached hydrogen (secondary N) is 1. The molecule has 156 valence electrons. The van der Waals surface area contributed by atoms with E-state index >= 15 is 0 Å². The number of carbonyl (C=O) groups is 1. The van der Waals surface area contributed by atoms with Crippen molar-refractivity contribution in [1.29, 1.82) is 0 Å². The SMILES string of the molecule is CC(C)Cc1ncc2c(n1)CN(C(=O)NC(CCO)c1ccc(F)c(F)c1)CC2. The van der Waals surface area contributed by atoms with Crippen LogP contribution in [0.3, 0.4) is 0 Å². The van der Waals surface area contributed by atoms with E-state index < -0.39 is 17.7 Å². The summed E-state index contributed by atoms with van der Waals surface area (Å²) in [4.78, 5) is 23.5. The molecule has 2 heterocycles. The van der Waals surface area contributed by atoms with Gasteiger partial charge in [0.15, 0.2) is 11.6 Å². The molecule has 0 fully saturated rings.